The zero-order valence-electron chi connectivity index (χ0n) is 14.3. The van der Waals surface area contributed by atoms with E-state index in [0.717, 1.165) is 0 Å². The van der Waals surface area contributed by atoms with Crippen molar-refractivity contribution in [3.63, 3.8) is 0 Å². The van der Waals surface area contributed by atoms with Gasteiger partial charge in [-0.1, -0.05) is 60.7 Å². The average molecular weight is 356 g/mol. The third-order valence-electron chi connectivity index (χ3n) is 3.60. The van der Waals surface area contributed by atoms with Gasteiger partial charge in [-0.2, -0.15) is 0 Å². The minimum Gasteiger partial charge on any atom is -0.453 e. The van der Waals surface area contributed by atoms with Gasteiger partial charge in [0.2, 0.25) is 5.60 Å². The van der Waals surface area contributed by atoms with Gasteiger partial charge in [0.15, 0.2) is 6.61 Å². The van der Waals surface area contributed by atoms with Crippen LogP contribution in [0.15, 0.2) is 60.7 Å². The van der Waals surface area contributed by atoms with Crippen LogP contribution in [0.1, 0.15) is 18.1 Å². The number of urea groups is 1. The second-order valence-corrected chi connectivity index (χ2v) is 5.43. The maximum atomic E-state index is 12.6. The van der Waals surface area contributed by atoms with E-state index in [1.54, 1.807) is 67.6 Å². The molecular weight excluding hydrogens is 336 g/mol. The smallest absolute Gasteiger partial charge is 0.348 e. The van der Waals surface area contributed by atoms with Crippen LogP contribution in [0.3, 0.4) is 0 Å². The summed E-state index contributed by atoms with van der Waals surface area (Å²) >= 11 is 0. The molecule has 0 radical (unpaired) electrons. The Morgan fingerprint density at radius 2 is 1.46 bits per heavy atom. The average Bonchev–Trinajstić information content (AvgIpc) is 2.67. The number of benzene rings is 2. The highest BCUT2D eigenvalue weighted by Crippen LogP contribution is 2.30. The van der Waals surface area contributed by atoms with E-state index >= 15 is 0 Å². The van der Waals surface area contributed by atoms with E-state index in [2.05, 4.69) is 5.32 Å². The first-order valence-corrected chi connectivity index (χ1v) is 8.06. The Morgan fingerprint density at radius 1 is 0.962 bits per heavy atom. The van der Waals surface area contributed by atoms with Crippen LogP contribution in [-0.2, 0) is 19.9 Å². The number of rotatable bonds is 6. The summed E-state index contributed by atoms with van der Waals surface area (Å²) < 4.78 is 4.98. The first kappa shape index (κ1) is 19.1. The van der Waals surface area contributed by atoms with Gasteiger partial charge in [-0.25, -0.2) is 9.59 Å². The molecule has 0 aliphatic rings. The summed E-state index contributed by atoms with van der Waals surface area (Å²) in [5.74, 6) is -1.81. The number of hydrogen-bond acceptors (Lipinski definition) is 5. The van der Waals surface area contributed by atoms with E-state index in [4.69, 9.17) is 4.74 Å². The Hall–Kier alpha value is -3.19. The Labute approximate surface area is 151 Å². The molecule has 0 saturated carbocycles. The molecule has 0 fully saturated rings. The minimum atomic E-state index is -2.07. The Morgan fingerprint density at radius 3 is 1.92 bits per heavy atom. The summed E-state index contributed by atoms with van der Waals surface area (Å²) in [5.41, 5.74) is -1.46. The number of esters is 1. The van der Waals surface area contributed by atoms with Crippen molar-refractivity contribution in [1.82, 2.24) is 10.6 Å². The van der Waals surface area contributed by atoms with E-state index in [1.807, 2.05) is 5.32 Å². The van der Waals surface area contributed by atoms with Crippen molar-refractivity contribution in [2.45, 2.75) is 12.5 Å². The summed E-state index contributed by atoms with van der Waals surface area (Å²) in [6.45, 7) is 1.35. The summed E-state index contributed by atoms with van der Waals surface area (Å²) in [4.78, 5) is 35.6. The SMILES string of the molecule is CCNC(=O)NC(=O)COC(=O)C(O)(c1ccccc1)c1ccccc1. The Bertz CT molecular complexity index is 723. The van der Waals surface area contributed by atoms with Crippen molar-refractivity contribution in [1.29, 1.82) is 0 Å². The molecule has 0 atom stereocenters. The molecule has 0 unspecified atom stereocenters. The topological polar surface area (TPSA) is 105 Å². The maximum absolute atomic E-state index is 12.6. The van der Waals surface area contributed by atoms with Crippen LogP contribution in [0.2, 0.25) is 0 Å². The predicted molar refractivity (Wildman–Crippen MR) is 94.1 cm³/mol. The quantitative estimate of drug-likeness (QED) is 0.677. The first-order valence-electron chi connectivity index (χ1n) is 8.06. The van der Waals surface area contributed by atoms with Gasteiger partial charge in [0, 0.05) is 6.54 Å². The fourth-order valence-corrected chi connectivity index (χ4v) is 2.36. The van der Waals surface area contributed by atoms with Gasteiger partial charge in [-0.15, -0.1) is 0 Å². The number of carbonyl (C=O) groups is 3. The van der Waals surface area contributed by atoms with E-state index in [1.165, 1.54) is 0 Å². The lowest BCUT2D eigenvalue weighted by atomic mass is 9.86. The number of amides is 3. The highest BCUT2D eigenvalue weighted by molar-refractivity contribution is 5.96. The van der Waals surface area contributed by atoms with Crippen molar-refractivity contribution >= 4 is 17.9 Å². The Kier molecular flexibility index (Phi) is 6.46. The predicted octanol–water partition coefficient (Wildman–Crippen LogP) is 1.31. The molecule has 7 heteroatoms. The zero-order valence-corrected chi connectivity index (χ0v) is 14.3. The van der Waals surface area contributed by atoms with Crippen LogP contribution in [0, 0.1) is 0 Å². The molecular formula is C19H20N2O5. The van der Waals surface area contributed by atoms with Crippen LogP contribution < -0.4 is 10.6 Å². The molecule has 0 spiro atoms. The van der Waals surface area contributed by atoms with Gasteiger partial charge in [0.25, 0.3) is 5.91 Å². The van der Waals surface area contributed by atoms with Crippen molar-refractivity contribution in [3.8, 4) is 0 Å². The van der Waals surface area contributed by atoms with Crippen LogP contribution in [0.4, 0.5) is 4.79 Å². The lowest BCUT2D eigenvalue weighted by Gasteiger charge is -2.26. The largest absolute Gasteiger partial charge is 0.453 e. The molecule has 136 valence electrons. The highest BCUT2D eigenvalue weighted by atomic mass is 16.6. The van der Waals surface area contributed by atoms with Gasteiger partial charge in [0.1, 0.15) is 0 Å². The van der Waals surface area contributed by atoms with Crippen molar-refractivity contribution in [2.75, 3.05) is 13.2 Å². The lowest BCUT2D eigenvalue weighted by Crippen LogP contribution is -2.43. The summed E-state index contributed by atoms with van der Waals surface area (Å²) in [6.07, 6.45) is 0. The second-order valence-electron chi connectivity index (χ2n) is 5.43. The Balaban J connectivity index is 2.18. The number of nitrogens with one attached hydrogen (secondary N) is 2. The van der Waals surface area contributed by atoms with Gasteiger partial charge in [0.05, 0.1) is 0 Å². The summed E-state index contributed by atoms with van der Waals surface area (Å²) in [6, 6.07) is 15.9. The van der Waals surface area contributed by atoms with Crippen molar-refractivity contribution < 1.29 is 24.2 Å². The van der Waals surface area contributed by atoms with Crippen LogP contribution in [0.5, 0.6) is 0 Å². The zero-order chi connectivity index (χ0) is 19.0. The number of hydrogen-bond donors (Lipinski definition) is 3. The van der Waals surface area contributed by atoms with Gasteiger partial charge < -0.3 is 15.2 Å². The number of imide groups is 1. The highest BCUT2D eigenvalue weighted by Gasteiger charge is 2.41. The molecule has 0 aliphatic heterocycles. The van der Waals surface area contributed by atoms with Gasteiger partial charge >= 0.3 is 12.0 Å². The lowest BCUT2D eigenvalue weighted by molar-refractivity contribution is -0.164. The third kappa shape index (κ3) is 4.46. The molecule has 2 aromatic rings. The van der Waals surface area contributed by atoms with Crippen LogP contribution in [0.25, 0.3) is 0 Å². The monoisotopic (exact) mass is 356 g/mol. The fourth-order valence-electron chi connectivity index (χ4n) is 2.36. The normalized spacial score (nSPS) is 10.7. The molecule has 2 rings (SSSR count). The molecule has 0 heterocycles. The number of ether oxygens (including phenoxy) is 1. The van der Waals surface area contributed by atoms with Gasteiger partial charge in [-0.3, -0.25) is 10.1 Å². The van der Waals surface area contributed by atoms with E-state index in [0.29, 0.717) is 17.7 Å². The third-order valence-corrected chi connectivity index (χ3v) is 3.60. The van der Waals surface area contributed by atoms with Crippen molar-refractivity contribution in [3.05, 3.63) is 71.8 Å². The molecule has 3 N–H and O–H groups in total. The molecule has 7 nitrogen and oxygen atoms in total. The number of aliphatic hydroxyl groups is 1. The van der Waals surface area contributed by atoms with E-state index in [9.17, 15) is 19.5 Å². The van der Waals surface area contributed by atoms with Crippen LogP contribution >= 0.6 is 0 Å². The molecule has 0 aliphatic carbocycles. The molecule has 2 aromatic carbocycles. The molecule has 0 bridgehead atoms. The van der Waals surface area contributed by atoms with E-state index in [-0.39, 0.29) is 0 Å². The fraction of sp³-hybridized carbons (Fsp3) is 0.211. The first-order chi connectivity index (χ1) is 12.5. The molecule has 26 heavy (non-hydrogen) atoms. The van der Waals surface area contributed by atoms with Gasteiger partial charge in [-0.05, 0) is 18.1 Å². The maximum Gasteiger partial charge on any atom is 0.348 e. The molecule has 0 saturated heterocycles. The minimum absolute atomic E-state index is 0.306. The standard InChI is InChI=1S/C19H20N2O5/c1-2-20-18(24)21-16(22)13-26-17(23)19(25,14-9-5-3-6-10-14)15-11-7-4-8-12-15/h3-12,25H,2,13H2,1H3,(H2,20,21,22,24). The number of carbonyl (C=O) groups excluding carboxylic acids is 3. The van der Waals surface area contributed by atoms with Crippen LogP contribution in [-0.4, -0.2) is 36.2 Å². The van der Waals surface area contributed by atoms with Crippen molar-refractivity contribution in [2.24, 2.45) is 0 Å². The van der Waals surface area contributed by atoms with E-state index < -0.39 is 30.1 Å². The molecule has 0 aromatic heterocycles. The second kappa shape index (κ2) is 8.77. The summed E-state index contributed by atoms with van der Waals surface area (Å²) in [7, 11) is 0. The summed E-state index contributed by atoms with van der Waals surface area (Å²) in [5, 5.41) is 15.5. The molecule has 3 amide bonds.